The van der Waals surface area contributed by atoms with Gasteiger partial charge in [-0.1, -0.05) is 25.2 Å². The van der Waals surface area contributed by atoms with Crippen molar-refractivity contribution in [1.82, 2.24) is 20.2 Å². The second kappa shape index (κ2) is 7.33. The van der Waals surface area contributed by atoms with Gasteiger partial charge in [-0.2, -0.15) is 0 Å². The highest BCUT2D eigenvalue weighted by Gasteiger charge is 2.22. The molecule has 0 aromatic carbocycles. The van der Waals surface area contributed by atoms with E-state index < -0.39 is 0 Å². The third-order valence-electron chi connectivity index (χ3n) is 3.70. The summed E-state index contributed by atoms with van der Waals surface area (Å²) in [4.78, 5) is 24.0. The second-order valence-corrected chi connectivity index (χ2v) is 7.18. The van der Waals surface area contributed by atoms with Crippen LogP contribution in [0, 0.1) is 5.92 Å². The number of amides is 1. The van der Waals surface area contributed by atoms with Gasteiger partial charge >= 0.3 is 0 Å². The molecule has 0 bridgehead atoms. The molecule has 1 aliphatic heterocycles. The van der Waals surface area contributed by atoms with Gasteiger partial charge in [-0.05, 0) is 18.1 Å². The smallest absolute Gasteiger partial charge is 0.280 e. The van der Waals surface area contributed by atoms with Crippen LogP contribution in [0.25, 0.3) is 10.3 Å². The van der Waals surface area contributed by atoms with Crippen molar-refractivity contribution in [3.05, 3.63) is 23.3 Å². The van der Waals surface area contributed by atoms with Crippen molar-refractivity contribution in [2.45, 2.75) is 20.0 Å². The van der Waals surface area contributed by atoms with Crippen LogP contribution in [0.1, 0.15) is 23.6 Å². The van der Waals surface area contributed by atoms with E-state index in [9.17, 15) is 4.79 Å². The highest BCUT2D eigenvalue weighted by atomic mass is 32.1. The maximum absolute atomic E-state index is 12.3. The van der Waals surface area contributed by atoms with E-state index in [1.807, 2.05) is 12.1 Å². The lowest BCUT2D eigenvalue weighted by molar-refractivity contribution is -0.0295. The minimum absolute atomic E-state index is 0.0407. The van der Waals surface area contributed by atoms with Crippen molar-refractivity contribution in [2.75, 3.05) is 32.8 Å². The summed E-state index contributed by atoms with van der Waals surface area (Å²) in [6.07, 6.45) is 1.75. The van der Waals surface area contributed by atoms with E-state index in [-0.39, 0.29) is 12.0 Å². The predicted octanol–water partition coefficient (Wildman–Crippen LogP) is 1.78. The van der Waals surface area contributed by atoms with Crippen molar-refractivity contribution in [1.29, 1.82) is 0 Å². The Morgan fingerprint density at radius 2 is 2.43 bits per heavy atom. The first kappa shape index (κ1) is 16.3. The Bertz CT molecular complexity index is 640. The quantitative estimate of drug-likeness (QED) is 0.903. The molecule has 1 unspecified atom stereocenters. The first-order chi connectivity index (χ1) is 11.1. The van der Waals surface area contributed by atoms with E-state index in [1.54, 1.807) is 6.20 Å². The first-order valence-electron chi connectivity index (χ1n) is 7.95. The van der Waals surface area contributed by atoms with Crippen molar-refractivity contribution < 1.29 is 9.53 Å². The van der Waals surface area contributed by atoms with Crippen LogP contribution in [-0.2, 0) is 4.74 Å². The number of carbonyl (C=O) groups is 1. The summed E-state index contributed by atoms with van der Waals surface area (Å²) < 4.78 is 5.75. The SMILES string of the molecule is CC(C)CN1CCOC(CNC(=O)c2nc3cccnc3s2)C1. The molecule has 23 heavy (non-hydrogen) atoms. The molecular formula is C16H22N4O2S. The maximum Gasteiger partial charge on any atom is 0.280 e. The molecule has 0 spiro atoms. The van der Waals surface area contributed by atoms with Gasteiger partial charge in [0.25, 0.3) is 5.91 Å². The summed E-state index contributed by atoms with van der Waals surface area (Å²) in [5, 5.41) is 3.39. The third kappa shape index (κ3) is 4.25. The van der Waals surface area contributed by atoms with E-state index in [1.165, 1.54) is 11.3 Å². The number of aromatic nitrogens is 2. The minimum Gasteiger partial charge on any atom is -0.374 e. The van der Waals surface area contributed by atoms with E-state index in [4.69, 9.17) is 4.74 Å². The number of hydrogen-bond acceptors (Lipinski definition) is 6. The zero-order chi connectivity index (χ0) is 16.2. The monoisotopic (exact) mass is 334 g/mol. The van der Waals surface area contributed by atoms with Gasteiger partial charge in [0.2, 0.25) is 0 Å². The molecule has 1 saturated heterocycles. The Labute approximate surface area is 139 Å². The molecule has 3 heterocycles. The number of carbonyl (C=O) groups excluding carboxylic acids is 1. The fourth-order valence-electron chi connectivity index (χ4n) is 2.74. The summed E-state index contributed by atoms with van der Waals surface area (Å²) in [5.41, 5.74) is 0.764. The van der Waals surface area contributed by atoms with Gasteiger partial charge in [0, 0.05) is 32.4 Å². The normalized spacial score (nSPS) is 19.3. The fourth-order valence-corrected chi connectivity index (χ4v) is 3.56. The molecule has 0 radical (unpaired) electrons. The van der Waals surface area contributed by atoms with Crippen LogP contribution in [0.2, 0.25) is 0 Å². The van der Waals surface area contributed by atoms with Crippen molar-refractivity contribution in [3.63, 3.8) is 0 Å². The van der Waals surface area contributed by atoms with Crippen LogP contribution < -0.4 is 5.32 Å². The number of rotatable bonds is 5. The van der Waals surface area contributed by atoms with Crippen LogP contribution in [0.5, 0.6) is 0 Å². The lowest BCUT2D eigenvalue weighted by Crippen LogP contribution is -2.48. The number of ether oxygens (including phenoxy) is 1. The first-order valence-corrected chi connectivity index (χ1v) is 8.77. The Morgan fingerprint density at radius 1 is 1.57 bits per heavy atom. The van der Waals surface area contributed by atoms with E-state index in [2.05, 4.69) is 34.0 Å². The van der Waals surface area contributed by atoms with Gasteiger partial charge in [0.05, 0.1) is 12.7 Å². The second-order valence-electron chi connectivity index (χ2n) is 6.20. The van der Waals surface area contributed by atoms with Crippen molar-refractivity contribution in [3.8, 4) is 0 Å². The molecule has 2 aromatic rings. The molecule has 1 amide bonds. The molecule has 2 aromatic heterocycles. The highest BCUT2D eigenvalue weighted by molar-refractivity contribution is 7.19. The summed E-state index contributed by atoms with van der Waals surface area (Å²) in [6, 6.07) is 3.69. The Morgan fingerprint density at radius 3 is 3.22 bits per heavy atom. The molecular weight excluding hydrogens is 312 g/mol. The number of hydrogen-bond donors (Lipinski definition) is 1. The molecule has 0 aliphatic carbocycles. The van der Waals surface area contributed by atoms with Gasteiger partial charge in [-0.3, -0.25) is 9.69 Å². The Balaban J connectivity index is 1.54. The topological polar surface area (TPSA) is 67.3 Å². The van der Waals surface area contributed by atoms with E-state index >= 15 is 0 Å². The molecule has 7 heteroatoms. The fraction of sp³-hybridized carbons (Fsp3) is 0.562. The molecule has 6 nitrogen and oxygen atoms in total. The largest absolute Gasteiger partial charge is 0.374 e. The average Bonchev–Trinajstić information content (AvgIpc) is 2.96. The number of pyridine rings is 1. The Kier molecular flexibility index (Phi) is 5.20. The van der Waals surface area contributed by atoms with Crippen molar-refractivity contribution >= 4 is 27.6 Å². The van der Waals surface area contributed by atoms with E-state index in [0.717, 1.165) is 36.6 Å². The average molecular weight is 334 g/mol. The zero-order valence-electron chi connectivity index (χ0n) is 13.5. The van der Waals surface area contributed by atoms with E-state index in [0.29, 0.717) is 17.5 Å². The predicted molar refractivity (Wildman–Crippen MR) is 90.8 cm³/mol. The number of morpholine rings is 1. The lowest BCUT2D eigenvalue weighted by Gasteiger charge is -2.33. The molecule has 3 rings (SSSR count). The number of nitrogens with zero attached hydrogens (tertiary/aromatic N) is 3. The minimum atomic E-state index is -0.155. The summed E-state index contributed by atoms with van der Waals surface area (Å²) in [5.74, 6) is 0.483. The molecule has 1 atom stereocenters. The molecule has 0 saturated carbocycles. The van der Waals surface area contributed by atoms with Crippen LogP contribution in [0.3, 0.4) is 0 Å². The van der Waals surface area contributed by atoms with Crippen LogP contribution in [0.15, 0.2) is 18.3 Å². The van der Waals surface area contributed by atoms with Gasteiger partial charge < -0.3 is 10.1 Å². The number of thiazole rings is 1. The number of fused-ring (bicyclic) bond motifs is 1. The summed E-state index contributed by atoms with van der Waals surface area (Å²) >= 11 is 1.32. The van der Waals surface area contributed by atoms with Gasteiger partial charge in [-0.15, -0.1) is 0 Å². The standard InChI is InChI=1S/C16H22N4O2S/c1-11(2)9-20-6-7-22-12(10-20)8-18-14(21)16-19-13-4-3-5-17-15(13)23-16/h3-5,11-12H,6-10H2,1-2H3,(H,18,21). The van der Waals surface area contributed by atoms with Crippen LogP contribution in [0.4, 0.5) is 0 Å². The lowest BCUT2D eigenvalue weighted by atomic mass is 10.2. The molecule has 1 aliphatic rings. The summed E-state index contributed by atoms with van der Waals surface area (Å²) in [7, 11) is 0. The number of nitrogens with one attached hydrogen (secondary N) is 1. The van der Waals surface area contributed by atoms with Crippen LogP contribution in [-0.4, -0.2) is 59.7 Å². The van der Waals surface area contributed by atoms with Crippen molar-refractivity contribution in [2.24, 2.45) is 5.92 Å². The van der Waals surface area contributed by atoms with Crippen LogP contribution >= 0.6 is 11.3 Å². The Hall–Kier alpha value is -1.57. The van der Waals surface area contributed by atoms with Gasteiger partial charge in [0.1, 0.15) is 10.3 Å². The summed E-state index contributed by atoms with van der Waals surface area (Å²) in [6.45, 7) is 8.55. The third-order valence-corrected chi connectivity index (χ3v) is 4.68. The maximum atomic E-state index is 12.3. The zero-order valence-corrected chi connectivity index (χ0v) is 14.3. The molecule has 1 fully saturated rings. The van der Waals surface area contributed by atoms with Gasteiger partial charge in [0.15, 0.2) is 5.01 Å². The highest BCUT2D eigenvalue weighted by Crippen LogP contribution is 2.19. The molecule has 1 N–H and O–H groups in total. The molecule has 124 valence electrons. The van der Waals surface area contributed by atoms with Gasteiger partial charge in [-0.25, -0.2) is 9.97 Å².